The molecule has 0 saturated heterocycles. The summed E-state index contributed by atoms with van der Waals surface area (Å²) in [5.74, 6) is 0.338. The molecule has 2 aliphatic rings. The van der Waals surface area contributed by atoms with E-state index in [1.54, 1.807) is 13.1 Å². The monoisotopic (exact) mass is 472 g/mol. The van der Waals surface area contributed by atoms with Gasteiger partial charge in [-0.2, -0.15) is 5.26 Å². The van der Waals surface area contributed by atoms with Crippen LogP contribution < -0.4 is 10.6 Å². The maximum atomic E-state index is 13.9. The average Bonchev–Trinajstić information content (AvgIpc) is 2.56. The normalized spacial score (nSPS) is 23.2. The number of hydrogen-bond donors (Lipinski definition) is 2. The number of aliphatic imine (C=N–C) groups is 1. The maximum Gasteiger partial charge on any atom is 0.191 e. The lowest BCUT2D eigenvalue weighted by Crippen LogP contribution is -2.68. The zero-order valence-corrected chi connectivity index (χ0v) is 17.5. The van der Waals surface area contributed by atoms with Crippen molar-refractivity contribution in [1.82, 2.24) is 10.6 Å². The van der Waals surface area contributed by atoms with Crippen LogP contribution in [0.1, 0.15) is 43.7 Å². The van der Waals surface area contributed by atoms with Crippen LogP contribution in [0.4, 0.5) is 4.39 Å². The molecule has 0 bridgehead atoms. The van der Waals surface area contributed by atoms with E-state index < -0.39 is 0 Å². The first kappa shape index (κ1) is 20.9. The molecule has 2 N–H and O–H groups in total. The largest absolute Gasteiger partial charge is 0.378 e. The van der Waals surface area contributed by atoms with Crippen LogP contribution in [0.15, 0.2) is 23.2 Å². The van der Waals surface area contributed by atoms with E-state index >= 15 is 0 Å². The number of rotatable bonds is 5. The maximum absolute atomic E-state index is 13.9. The summed E-state index contributed by atoms with van der Waals surface area (Å²) < 4.78 is 19.8. The fraction of sp³-hybridized carbons (Fsp3) is 0.579. The fourth-order valence-corrected chi connectivity index (χ4v) is 3.96. The van der Waals surface area contributed by atoms with E-state index in [-0.39, 0.29) is 41.8 Å². The predicted octanol–water partition coefficient (Wildman–Crippen LogP) is 3.33. The third-order valence-electron chi connectivity index (χ3n) is 5.59. The Kier molecular flexibility index (Phi) is 7.24. The second kappa shape index (κ2) is 9.00. The second-order valence-electron chi connectivity index (χ2n) is 6.81. The molecule has 26 heavy (non-hydrogen) atoms. The van der Waals surface area contributed by atoms with Crippen molar-refractivity contribution >= 4 is 29.9 Å². The number of nitrogens with zero attached hydrogens (tertiary/aromatic N) is 2. The van der Waals surface area contributed by atoms with Gasteiger partial charge in [0, 0.05) is 37.2 Å². The minimum absolute atomic E-state index is 0. The predicted molar refractivity (Wildman–Crippen MR) is 110 cm³/mol. The van der Waals surface area contributed by atoms with Crippen LogP contribution in [0, 0.1) is 22.6 Å². The van der Waals surface area contributed by atoms with Gasteiger partial charge in [-0.15, -0.1) is 24.0 Å². The third-order valence-corrected chi connectivity index (χ3v) is 5.59. The second-order valence-corrected chi connectivity index (χ2v) is 6.81. The minimum atomic E-state index is -0.322. The summed E-state index contributed by atoms with van der Waals surface area (Å²) in [6.07, 6.45) is 4.94. The van der Waals surface area contributed by atoms with Gasteiger partial charge in [0.05, 0.1) is 17.7 Å². The van der Waals surface area contributed by atoms with E-state index in [1.165, 1.54) is 31.4 Å². The summed E-state index contributed by atoms with van der Waals surface area (Å²) >= 11 is 0. The van der Waals surface area contributed by atoms with Crippen LogP contribution in [0.2, 0.25) is 0 Å². The van der Waals surface area contributed by atoms with Gasteiger partial charge in [-0.25, -0.2) is 4.39 Å². The fourth-order valence-electron chi connectivity index (χ4n) is 3.96. The first-order valence-corrected chi connectivity index (χ1v) is 8.90. The van der Waals surface area contributed by atoms with Crippen LogP contribution in [0.3, 0.4) is 0 Å². The standard InChI is InChI=1S/C19H25FN4O.HI/c1-3-25-17-10-16(19(17)7-4-8-19)24-18(22-2)23-12-14-9-13(11-21)5-6-15(14)20;/h5-6,9,16-17H,3-4,7-8,10,12H2,1-2H3,(H2,22,23,24);1H. The summed E-state index contributed by atoms with van der Waals surface area (Å²) in [5, 5.41) is 15.6. The Morgan fingerprint density at radius 3 is 2.81 bits per heavy atom. The van der Waals surface area contributed by atoms with Crippen LogP contribution >= 0.6 is 24.0 Å². The molecule has 0 aliphatic heterocycles. The highest BCUT2D eigenvalue weighted by Gasteiger charge is 2.59. The number of hydrogen-bond acceptors (Lipinski definition) is 3. The molecule has 2 unspecified atom stereocenters. The Hall–Kier alpha value is -1.40. The smallest absolute Gasteiger partial charge is 0.191 e. The van der Waals surface area contributed by atoms with Crippen molar-refractivity contribution in [2.24, 2.45) is 10.4 Å². The summed E-state index contributed by atoms with van der Waals surface area (Å²) in [7, 11) is 1.71. The van der Waals surface area contributed by atoms with Gasteiger partial charge in [0.1, 0.15) is 5.82 Å². The van der Waals surface area contributed by atoms with Crippen molar-refractivity contribution in [3.63, 3.8) is 0 Å². The lowest BCUT2D eigenvalue weighted by atomic mass is 9.51. The summed E-state index contributed by atoms with van der Waals surface area (Å²) in [5.41, 5.74) is 1.15. The molecular weight excluding hydrogens is 446 g/mol. The Morgan fingerprint density at radius 2 is 2.23 bits per heavy atom. The molecule has 3 rings (SSSR count). The molecule has 0 aromatic heterocycles. The molecule has 2 fully saturated rings. The zero-order chi connectivity index (χ0) is 17.9. The van der Waals surface area contributed by atoms with Crippen LogP contribution in [-0.4, -0.2) is 31.8 Å². The lowest BCUT2D eigenvalue weighted by Gasteiger charge is -2.61. The van der Waals surface area contributed by atoms with Crippen molar-refractivity contribution in [2.45, 2.75) is 51.3 Å². The summed E-state index contributed by atoms with van der Waals surface area (Å²) in [4.78, 5) is 4.26. The van der Waals surface area contributed by atoms with E-state index in [0.29, 0.717) is 29.2 Å². The molecule has 0 amide bonds. The van der Waals surface area contributed by atoms with Crippen LogP contribution in [0.5, 0.6) is 0 Å². The zero-order valence-electron chi connectivity index (χ0n) is 15.2. The molecule has 1 aromatic carbocycles. The van der Waals surface area contributed by atoms with Crippen molar-refractivity contribution in [2.75, 3.05) is 13.7 Å². The molecule has 2 saturated carbocycles. The minimum Gasteiger partial charge on any atom is -0.378 e. The van der Waals surface area contributed by atoms with Gasteiger partial charge in [0.2, 0.25) is 0 Å². The van der Waals surface area contributed by atoms with Crippen molar-refractivity contribution in [1.29, 1.82) is 5.26 Å². The van der Waals surface area contributed by atoms with Gasteiger partial charge in [-0.3, -0.25) is 4.99 Å². The number of halogens is 2. The van der Waals surface area contributed by atoms with Crippen molar-refractivity contribution < 1.29 is 9.13 Å². The highest BCUT2D eigenvalue weighted by atomic mass is 127. The molecule has 5 nitrogen and oxygen atoms in total. The number of nitriles is 1. The van der Waals surface area contributed by atoms with Gasteiger partial charge >= 0.3 is 0 Å². The molecular formula is C19H26FIN4O. The van der Waals surface area contributed by atoms with E-state index in [2.05, 4.69) is 15.6 Å². The first-order chi connectivity index (χ1) is 12.1. The quantitative estimate of drug-likeness (QED) is 0.392. The highest BCUT2D eigenvalue weighted by Crippen LogP contribution is 2.57. The van der Waals surface area contributed by atoms with Crippen molar-refractivity contribution in [3.05, 3.63) is 35.1 Å². The molecule has 7 heteroatoms. The van der Waals surface area contributed by atoms with Crippen molar-refractivity contribution in [3.8, 4) is 6.07 Å². The molecule has 142 valence electrons. The Bertz CT molecular complexity index is 699. The molecule has 2 atom stereocenters. The molecule has 0 radical (unpaired) electrons. The number of nitrogens with one attached hydrogen (secondary N) is 2. The SMILES string of the molecule is CCOC1CC(NC(=NC)NCc2cc(C#N)ccc2F)C12CCC2.I. The van der Waals surface area contributed by atoms with Crippen LogP contribution in [0.25, 0.3) is 0 Å². The van der Waals surface area contributed by atoms with Gasteiger partial charge in [-0.1, -0.05) is 6.42 Å². The Balaban J connectivity index is 0.00000243. The van der Waals surface area contributed by atoms with E-state index in [1.807, 2.05) is 13.0 Å². The molecule has 1 spiro atoms. The number of benzene rings is 1. The van der Waals surface area contributed by atoms with Crippen LogP contribution in [-0.2, 0) is 11.3 Å². The number of ether oxygens (including phenoxy) is 1. The third kappa shape index (κ3) is 3.96. The van der Waals surface area contributed by atoms with E-state index in [9.17, 15) is 4.39 Å². The summed E-state index contributed by atoms with van der Waals surface area (Å²) in [6, 6.07) is 6.76. The van der Waals surface area contributed by atoms with Gasteiger partial charge in [0.15, 0.2) is 5.96 Å². The Labute approximate surface area is 171 Å². The lowest BCUT2D eigenvalue weighted by molar-refractivity contribution is -0.168. The highest BCUT2D eigenvalue weighted by molar-refractivity contribution is 14.0. The van der Waals surface area contributed by atoms with Gasteiger partial charge in [0.25, 0.3) is 0 Å². The number of guanidine groups is 1. The molecule has 0 heterocycles. The molecule has 2 aliphatic carbocycles. The first-order valence-electron chi connectivity index (χ1n) is 8.90. The topological polar surface area (TPSA) is 69.4 Å². The average molecular weight is 472 g/mol. The summed E-state index contributed by atoms with van der Waals surface area (Å²) in [6.45, 7) is 3.08. The molecule has 1 aromatic rings. The van der Waals surface area contributed by atoms with E-state index in [4.69, 9.17) is 10.00 Å². The Morgan fingerprint density at radius 1 is 1.46 bits per heavy atom. The van der Waals surface area contributed by atoms with E-state index in [0.717, 1.165) is 13.0 Å². The van der Waals surface area contributed by atoms with Gasteiger partial charge in [-0.05, 0) is 44.4 Å². The van der Waals surface area contributed by atoms with Gasteiger partial charge < -0.3 is 15.4 Å².